The quantitative estimate of drug-likeness (QED) is 0.653. The molecule has 1 saturated heterocycles. The van der Waals surface area contributed by atoms with Crippen molar-refractivity contribution in [3.63, 3.8) is 0 Å². The summed E-state index contributed by atoms with van der Waals surface area (Å²) in [4.78, 5) is 12.7. The second-order valence-electron chi connectivity index (χ2n) is 6.15. The average molecular weight is 429 g/mol. The monoisotopic (exact) mass is 428 g/mol. The maximum absolute atomic E-state index is 12.9. The van der Waals surface area contributed by atoms with Gasteiger partial charge in [-0.1, -0.05) is 11.6 Å². The lowest BCUT2D eigenvalue weighted by Crippen LogP contribution is -2.46. The molecule has 27 heavy (non-hydrogen) atoms. The van der Waals surface area contributed by atoms with Gasteiger partial charge in [-0.05, 0) is 49.2 Å². The van der Waals surface area contributed by atoms with Crippen LogP contribution in [0.15, 0.2) is 52.0 Å². The third-order valence-corrected chi connectivity index (χ3v) is 7.45. The number of halogens is 1. The number of amides is 1. The van der Waals surface area contributed by atoms with Crippen molar-refractivity contribution < 1.29 is 17.6 Å². The van der Waals surface area contributed by atoms with Gasteiger partial charge in [0.15, 0.2) is 0 Å². The van der Waals surface area contributed by atoms with Crippen LogP contribution >= 0.6 is 23.4 Å². The summed E-state index contributed by atoms with van der Waals surface area (Å²) in [6, 6.07) is 9.09. The maximum Gasteiger partial charge on any atom is 0.243 e. The van der Waals surface area contributed by atoms with Gasteiger partial charge in [0.25, 0.3) is 0 Å². The lowest BCUT2D eigenvalue weighted by Gasteiger charge is -2.23. The number of nitrogens with zero attached hydrogens (tertiary/aromatic N) is 1. The van der Waals surface area contributed by atoms with E-state index in [1.54, 1.807) is 18.0 Å². The molecule has 6 nitrogen and oxygen atoms in total. The van der Waals surface area contributed by atoms with E-state index in [0.717, 1.165) is 17.3 Å². The van der Waals surface area contributed by atoms with Gasteiger partial charge in [-0.2, -0.15) is 16.1 Å². The van der Waals surface area contributed by atoms with Crippen molar-refractivity contribution >= 4 is 39.3 Å². The van der Waals surface area contributed by atoms with Crippen LogP contribution in [0.1, 0.15) is 18.6 Å². The number of nitrogens with one attached hydrogen (secondary N) is 1. The molecule has 3 rings (SSSR count). The fraction of sp³-hybridized carbons (Fsp3) is 0.389. The Kier molecular flexibility index (Phi) is 6.86. The summed E-state index contributed by atoms with van der Waals surface area (Å²) < 4.78 is 32.3. The molecule has 1 aliphatic heterocycles. The molecule has 1 atom stereocenters. The third kappa shape index (κ3) is 5.07. The first-order valence-corrected chi connectivity index (χ1v) is 11.6. The van der Waals surface area contributed by atoms with Crippen LogP contribution in [0.3, 0.4) is 0 Å². The van der Waals surface area contributed by atoms with Crippen LogP contribution in [0.25, 0.3) is 0 Å². The zero-order valence-electron chi connectivity index (χ0n) is 14.6. The highest BCUT2D eigenvalue weighted by Gasteiger charge is 2.39. The molecule has 9 heteroatoms. The van der Waals surface area contributed by atoms with Gasteiger partial charge in [0.1, 0.15) is 11.8 Å². The zero-order chi connectivity index (χ0) is 19.3. The average Bonchev–Trinajstić information content (AvgIpc) is 3.33. The van der Waals surface area contributed by atoms with E-state index in [4.69, 9.17) is 16.0 Å². The van der Waals surface area contributed by atoms with E-state index < -0.39 is 16.1 Å². The highest BCUT2D eigenvalue weighted by Crippen LogP contribution is 2.27. The van der Waals surface area contributed by atoms with Crippen molar-refractivity contribution in [1.29, 1.82) is 0 Å². The van der Waals surface area contributed by atoms with Crippen molar-refractivity contribution in [2.75, 3.05) is 18.8 Å². The smallest absolute Gasteiger partial charge is 0.243 e. The molecule has 1 aromatic carbocycles. The van der Waals surface area contributed by atoms with Crippen LogP contribution in [0.5, 0.6) is 0 Å². The highest BCUT2D eigenvalue weighted by atomic mass is 35.5. The number of sulfonamides is 1. The molecule has 1 amide bonds. The van der Waals surface area contributed by atoms with Crippen LogP contribution < -0.4 is 5.32 Å². The first kappa shape index (κ1) is 20.3. The van der Waals surface area contributed by atoms with E-state index in [-0.39, 0.29) is 10.8 Å². The van der Waals surface area contributed by atoms with E-state index in [1.165, 1.54) is 28.6 Å². The summed E-state index contributed by atoms with van der Waals surface area (Å²) in [6.07, 6.45) is 2.82. The molecule has 2 aromatic rings. The minimum Gasteiger partial charge on any atom is -0.468 e. The second kappa shape index (κ2) is 9.14. The topological polar surface area (TPSA) is 79.6 Å². The summed E-state index contributed by atoms with van der Waals surface area (Å²) in [7, 11) is -3.72. The molecule has 2 heterocycles. The van der Waals surface area contributed by atoms with Gasteiger partial charge in [0, 0.05) is 23.9 Å². The van der Waals surface area contributed by atoms with Crippen molar-refractivity contribution in [2.24, 2.45) is 0 Å². The SMILES string of the molecule is O=C(NCCSCc1ccco1)[C@@H]1CCCN1S(=O)(=O)c1ccc(Cl)cc1. The van der Waals surface area contributed by atoms with Gasteiger partial charge < -0.3 is 9.73 Å². The first-order chi connectivity index (χ1) is 13.0. The largest absolute Gasteiger partial charge is 0.468 e. The van der Waals surface area contributed by atoms with Crippen LogP contribution in [0, 0.1) is 0 Å². The Morgan fingerprint density at radius 3 is 2.78 bits per heavy atom. The number of furan rings is 1. The van der Waals surface area contributed by atoms with Gasteiger partial charge in [-0.3, -0.25) is 4.79 Å². The molecule has 1 fully saturated rings. The van der Waals surface area contributed by atoms with E-state index in [1.807, 2.05) is 12.1 Å². The maximum atomic E-state index is 12.9. The van der Waals surface area contributed by atoms with Crippen LogP contribution in [-0.2, 0) is 20.6 Å². The summed E-state index contributed by atoms with van der Waals surface area (Å²) in [5.74, 6) is 2.11. The Bertz CT molecular complexity index is 854. The zero-order valence-corrected chi connectivity index (χ0v) is 17.0. The molecule has 1 aliphatic rings. The number of thioether (sulfide) groups is 1. The molecule has 1 aromatic heterocycles. The van der Waals surface area contributed by atoms with Gasteiger partial charge in [0.05, 0.1) is 16.9 Å². The fourth-order valence-corrected chi connectivity index (χ4v) is 5.50. The van der Waals surface area contributed by atoms with Crippen LogP contribution in [-0.4, -0.2) is 43.5 Å². The Morgan fingerprint density at radius 1 is 1.30 bits per heavy atom. The normalized spacial score (nSPS) is 17.9. The number of carbonyl (C=O) groups is 1. The van der Waals surface area contributed by atoms with Gasteiger partial charge in [-0.25, -0.2) is 8.42 Å². The summed E-state index contributed by atoms with van der Waals surface area (Å²) in [6.45, 7) is 0.825. The fourth-order valence-electron chi connectivity index (χ4n) is 2.96. The standard InChI is InChI=1S/C18H21ClN2O4S2/c19-14-5-7-16(8-6-14)27(23,24)21-10-1-4-17(21)18(22)20-9-12-26-13-15-3-2-11-25-15/h2-3,5-8,11,17H,1,4,9-10,12-13H2,(H,20,22)/t17-/m0/s1. The molecule has 0 aliphatic carbocycles. The molecule has 0 bridgehead atoms. The predicted molar refractivity (Wildman–Crippen MR) is 106 cm³/mol. The lowest BCUT2D eigenvalue weighted by atomic mass is 10.2. The number of hydrogen-bond acceptors (Lipinski definition) is 5. The van der Waals surface area contributed by atoms with Crippen molar-refractivity contribution in [2.45, 2.75) is 29.5 Å². The highest BCUT2D eigenvalue weighted by molar-refractivity contribution is 7.98. The second-order valence-corrected chi connectivity index (χ2v) is 9.58. The van der Waals surface area contributed by atoms with E-state index in [0.29, 0.717) is 31.0 Å². The molecular formula is C18H21ClN2O4S2. The first-order valence-electron chi connectivity index (χ1n) is 8.64. The van der Waals surface area contributed by atoms with Gasteiger partial charge in [-0.15, -0.1) is 0 Å². The molecule has 0 radical (unpaired) electrons. The van der Waals surface area contributed by atoms with Crippen molar-refractivity contribution in [1.82, 2.24) is 9.62 Å². The molecule has 0 unspecified atom stereocenters. The van der Waals surface area contributed by atoms with Crippen molar-refractivity contribution in [3.8, 4) is 0 Å². The Labute approximate surface area is 168 Å². The predicted octanol–water partition coefficient (Wildman–Crippen LogP) is 3.14. The number of rotatable bonds is 8. The number of carbonyl (C=O) groups excluding carboxylic acids is 1. The lowest BCUT2D eigenvalue weighted by molar-refractivity contribution is -0.124. The molecule has 146 valence electrons. The Morgan fingerprint density at radius 2 is 2.07 bits per heavy atom. The van der Waals surface area contributed by atoms with Gasteiger partial charge >= 0.3 is 0 Å². The molecule has 1 N–H and O–H groups in total. The summed E-state index contributed by atoms with van der Waals surface area (Å²) in [5, 5.41) is 3.32. The molecular weight excluding hydrogens is 408 g/mol. The number of benzene rings is 1. The third-order valence-electron chi connectivity index (χ3n) is 4.30. The van der Waals surface area contributed by atoms with Gasteiger partial charge in [0.2, 0.25) is 15.9 Å². The Hall–Kier alpha value is -1.48. The number of hydrogen-bond donors (Lipinski definition) is 1. The summed E-state index contributed by atoms with van der Waals surface area (Å²) >= 11 is 7.48. The minimum absolute atomic E-state index is 0.153. The van der Waals surface area contributed by atoms with E-state index in [9.17, 15) is 13.2 Å². The van der Waals surface area contributed by atoms with Crippen LogP contribution in [0.2, 0.25) is 5.02 Å². The Balaban J connectivity index is 1.53. The van der Waals surface area contributed by atoms with E-state index in [2.05, 4.69) is 5.32 Å². The molecule has 0 saturated carbocycles. The molecule has 0 spiro atoms. The van der Waals surface area contributed by atoms with Crippen molar-refractivity contribution in [3.05, 3.63) is 53.4 Å². The minimum atomic E-state index is -3.72. The van der Waals surface area contributed by atoms with E-state index >= 15 is 0 Å². The van der Waals surface area contributed by atoms with Crippen LogP contribution in [0.4, 0.5) is 0 Å². The summed E-state index contributed by atoms with van der Waals surface area (Å²) in [5.41, 5.74) is 0.